The van der Waals surface area contributed by atoms with Crippen molar-refractivity contribution in [3.8, 4) is 11.5 Å². The molecular weight excluding hydrogens is 471 g/mol. The third kappa shape index (κ3) is 8.47. The van der Waals surface area contributed by atoms with Gasteiger partial charge in [0.1, 0.15) is 18.1 Å². The Balaban J connectivity index is 0.00000392. The van der Waals surface area contributed by atoms with Gasteiger partial charge in [0.2, 0.25) is 0 Å². The van der Waals surface area contributed by atoms with Crippen LogP contribution in [0, 0.1) is 0 Å². The summed E-state index contributed by atoms with van der Waals surface area (Å²) >= 11 is 0. The van der Waals surface area contributed by atoms with Crippen molar-refractivity contribution in [2.45, 2.75) is 6.54 Å². The fourth-order valence-electron chi connectivity index (χ4n) is 2.39. The number of hydrogen-bond acceptors (Lipinski definition) is 4. The van der Waals surface area contributed by atoms with E-state index in [4.69, 9.17) is 15.2 Å². The van der Waals surface area contributed by atoms with Crippen molar-refractivity contribution in [2.24, 2.45) is 10.7 Å². The summed E-state index contributed by atoms with van der Waals surface area (Å²) in [6.45, 7) is 1.68. The first kappa shape index (κ1) is 23.5. The number of nitrogens with zero attached hydrogens (tertiary/aromatic N) is 2. The predicted molar refractivity (Wildman–Crippen MR) is 121 cm³/mol. The molecule has 0 spiro atoms. The second kappa shape index (κ2) is 12.8. The molecule has 2 aromatic rings. The lowest BCUT2D eigenvalue weighted by Gasteiger charge is -2.22. The summed E-state index contributed by atoms with van der Waals surface area (Å²) in [5.74, 6) is 1.71. The molecule has 0 heterocycles. The third-order valence-electron chi connectivity index (χ3n) is 3.74. The van der Waals surface area contributed by atoms with Crippen molar-refractivity contribution in [3.05, 3.63) is 60.2 Å². The smallest absolute Gasteiger partial charge is 0.255 e. The molecule has 0 saturated carbocycles. The van der Waals surface area contributed by atoms with E-state index < -0.39 is 5.91 Å². The Morgan fingerprint density at radius 3 is 2.50 bits per heavy atom. The lowest BCUT2D eigenvalue weighted by Crippen LogP contribution is -2.40. The number of carbonyl (C=O) groups excluding carboxylic acids is 1. The molecule has 0 aliphatic heterocycles. The molecule has 3 N–H and O–H groups in total. The highest BCUT2D eigenvalue weighted by Crippen LogP contribution is 2.13. The molecule has 152 valence electrons. The van der Waals surface area contributed by atoms with Crippen molar-refractivity contribution in [1.29, 1.82) is 0 Å². The molecule has 0 fully saturated rings. The van der Waals surface area contributed by atoms with Crippen LogP contribution in [0.1, 0.15) is 5.56 Å². The number of amides is 1. The average molecular weight is 498 g/mol. The Kier molecular flexibility index (Phi) is 10.8. The molecule has 7 nitrogen and oxygen atoms in total. The number of rotatable bonds is 9. The van der Waals surface area contributed by atoms with Crippen LogP contribution in [-0.4, -0.2) is 50.6 Å². The fraction of sp³-hybridized carbons (Fsp3) is 0.300. The van der Waals surface area contributed by atoms with Crippen molar-refractivity contribution >= 4 is 35.8 Å². The summed E-state index contributed by atoms with van der Waals surface area (Å²) in [7, 11) is 3.69. The van der Waals surface area contributed by atoms with Gasteiger partial charge in [-0.2, -0.15) is 0 Å². The van der Waals surface area contributed by atoms with Gasteiger partial charge in [-0.05, 0) is 29.8 Å². The van der Waals surface area contributed by atoms with Gasteiger partial charge in [0, 0.05) is 20.6 Å². The van der Waals surface area contributed by atoms with E-state index in [1.807, 2.05) is 60.5 Å². The van der Waals surface area contributed by atoms with E-state index in [0.29, 0.717) is 25.4 Å². The standard InChI is InChI=1S/C20H26N4O3.HI/c1-22-20(24(2)11-12-26-17-8-4-3-5-9-17)23-14-16-7-6-10-18(13-16)27-15-19(21)25;/h3-10,13H,11-12,14-15H2,1-2H3,(H2,21,25)(H,22,23);1H. The Morgan fingerprint density at radius 2 is 1.82 bits per heavy atom. The number of halogens is 1. The maximum Gasteiger partial charge on any atom is 0.255 e. The normalized spacial score (nSPS) is 10.6. The third-order valence-corrected chi connectivity index (χ3v) is 3.74. The van der Waals surface area contributed by atoms with E-state index in [1.165, 1.54) is 0 Å². The van der Waals surface area contributed by atoms with Crippen LogP contribution < -0.4 is 20.5 Å². The van der Waals surface area contributed by atoms with Gasteiger partial charge in [0.05, 0.1) is 6.54 Å². The molecule has 0 atom stereocenters. The Labute approximate surface area is 182 Å². The topological polar surface area (TPSA) is 89.2 Å². The largest absolute Gasteiger partial charge is 0.492 e. The first-order valence-corrected chi connectivity index (χ1v) is 8.68. The molecule has 1 amide bonds. The van der Waals surface area contributed by atoms with Crippen LogP contribution in [-0.2, 0) is 11.3 Å². The van der Waals surface area contributed by atoms with Crippen LogP contribution in [0.2, 0.25) is 0 Å². The number of guanidine groups is 1. The zero-order valence-corrected chi connectivity index (χ0v) is 18.5. The maximum absolute atomic E-state index is 10.8. The maximum atomic E-state index is 10.8. The lowest BCUT2D eigenvalue weighted by molar-refractivity contribution is -0.119. The first-order chi connectivity index (χ1) is 13.1. The van der Waals surface area contributed by atoms with E-state index >= 15 is 0 Å². The summed E-state index contributed by atoms with van der Waals surface area (Å²) in [6.07, 6.45) is 0. The first-order valence-electron chi connectivity index (χ1n) is 8.68. The zero-order chi connectivity index (χ0) is 19.5. The number of hydrogen-bond donors (Lipinski definition) is 2. The van der Waals surface area contributed by atoms with Crippen molar-refractivity contribution in [3.63, 3.8) is 0 Å². The summed E-state index contributed by atoms with van der Waals surface area (Å²) in [5, 5.41) is 3.30. The SMILES string of the molecule is CN=C(NCc1cccc(OCC(N)=O)c1)N(C)CCOc1ccccc1.I. The van der Waals surface area contributed by atoms with Gasteiger partial charge in [0.15, 0.2) is 12.6 Å². The minimum atomic E-state index is -0.502. The fourth-order valence-corrected chi connectivity index (χ4v) is 2.39. The highest BCUT2D eigenvalue weighted by molar-refractivity contribution is 14.0. The zero-order valence-electron chi connectivity index (χ0n) is 16.1. The number of nitrogens with two attached hydrogens (primary N) is 1. The quantitative estimate of drug-likeness (QED) is 0.315. The van der Waals surface area contributed by atoms with Crippen molar-refractivity contribution in [2.75, 3.05) is 33.9 Å². The molecule has 0 unspecified atom stereocenters. The highest BCUT2D eigenvalue weighted by Gasteiger charge is 2.07. The van der Waals surface area contributed by atoms with Crippen molar-refractivity contribution < 1.29 is 14.3 Å². The van der Waals surface area contributed by atoms with E-state index in [-0.39, 0.29) is 30.6 Å². The molecule has 0 saturated heterocycles. The Morgan fingerprint density at radius 1 is 1.11 bits per heavy atom. The minimum absolute atomic E-state index is 0. The molecule has 0 aromatic heterocycles. The molecule has 8 heteroatoms. The number of aliphatic imine (C=N–C) groups is 1. The number of ether oxygens (including phenoxy) is 2. The van der Waals surface area contributed by atoms with Crippen LogP contribution in [0.25, 0.3) is 0 Å². The molecular formula is C20H27IN4O3. The van der Waals surface area contributed by atoms with Gasteiger partial charge in [0.25, 0.3) is 5.91 Å². The predicted octanol–water partition coefficient (Wildman–Crippen LogP) is 2.25. The van der Waals surface area contributed by atoms with Crippen LogP contribution in [0.15, 0.2) is 59.6 Å². The van der Waals surface area contributed by atoms with Gasteiger partial charge in [-0.15, -0.1) is 24.0 Å². The molecule has 2 aromatic carbocycles. The second-order valence-corrected chi connectivity index (χ2v) is 5.89. The summed E-state index contributed by atoms with van der Waals surface area (Å²) in [6, 6.07) is 17.2. The molecule has 2 rings (SSSR count). The van der Waals surface area contributed by atoms with E-state index in [0.717, 1.165) is 17.3 Å². The Hall–Kier alpha value is -2.49. The lowest BCUT2D eigenvalue weighted by atomic mass is 10.2. The van der Waals surface area contributed by atoms with Gasteiger partial charge < -0.3 is 25.4 Å². The molecule has 0 aliphatic carbocycles. The summed E-state index contributed by atoms with van der Waals surface area (Å²) < 4.78 is 11.0. The molecule has 0 radical (unpaired) electrons. The van der Waals surface area contributed by atoms with Gasteiger partial charge in [-0.1, -0.05) is 30.3 Å². The monoisotopic (exact) mass is 498 g/mol. The number of primary amides is 1. The van der Waals surface area contributed by atoms with Crippen LogP contribution in [0.5, 0.6) is 11.5 Å². The van der Waals surface area contributed by atoms with E-state index in [2.05, 4.69) is 10.3 Å². The number of para-hydroxylation sites is 1. The Bertz CT molecular complexity index is 756. The van der Waals surface area contributed by atoms with Crippen LogP contribution >= 0.6 is 24.0 Å². The highest BCUT2D eigenvalue weighted by atomic mass is 127. The second-order valence-electron chi connectivity index (χ2n) is 5.89. The van der Waals surface area contributed by atoms with Gasteiger partial charge in [-0.3, -0.25) is 9.79 Å². The molecule has 28 heavy (non-hydrogen) atoms. The summed E-state index contributed by atoms with van der Waals surface area (Å²) in [4.78, 5) is 17.1. The number of nitrogens with one attached hydrogen (secondary N) is 1. The number of likely N-dealkylation sites (N-methyl/N-ethyl adjacent to an activating group) is 1. The minimum Gasteiger partial charge on any atom is -0.492 e. The molecule has 0 bridgehead atoms. The van der Waals surface area contributed by atoms with Gasteiger partial charge >= 0.3 is 0 Å². The van der Waals surface area contributed by atoms with Crippen LogP contribution in [0.3, 0.4) is 0 Å². The van der Waals surface area contributed by atoms with E-state index in [1.54, 1.807) is 13.1 Å². The van der Waals surface area contributed by atoms with Gasteiger partial charge in [-0.25, -0.2) is 0 Å². The summed E-state index contributed by atoms with van der Waals surface area (Å²) in [5.41, 5.74) is 6.10. The van der Waals surface area contributed by atoms with Crippen molar-refractivity contribution in [1.82, 2.24) is 10.2 Å². The van der Waals surface area contributed by atoms with Crippen LogP contribution in [0.4, 0.5) is 0 Å². The average Bonchev–Trinajstić information content (AvgIpc) is 2.68. The van der Waals surface area contributed by atoms with E-state index in [9.17, 15) is 4.79 Å². The molecule has 0 aliphatic rings. The number of benzene rings is 2. The number of carbonyl (C=O) groups is 1.